The molecule has 0 aliphatic carbocycles. The molecular weight excluding hydrogens is 177 g/mol. The summed E-state index contributed by atoms with van der Waals surface area (Å²) < 4.78 is 12.8. The zero-order chi connectivity index (χ0) is 10.0. The molecule has 0 unspecified atom stereocenters. The maximum Gasteiger partial charge on any atom is 0.285 e. The fourth-order valence-electron chi connectivity index (χ4n) is 1.03. The monoisotopic (exact) mass is 183 g/mol. The number of nitrogens with zero attached hydrogens (tertiary/aromatic N) is 1. The van der Waals surface area contributed by atoms with Gasteiger partial charge in [0.15, 0.2) is 6.29 Å². The summed E-state index contributed by atoms with van der Waals surface area (Å²) in [7, 11) is 0. The van der Waals surface area contributed by atoms with Crippen LogP contribution in [0.2, 0.25) is 0 Å². The van der Waals surface area contributed by atoms with Crippen LogP contribution in [-0.2, 0) is 0 Å². The van der Waals surface area contributed by atoms with E-state index in [4.69, 9.17) is 0 Å². The molecule has 68 valence electrons. The minimum Gasteiger partial charge on any atom is -0.298 e. The first-order valence-corrected chi connectivity index (χ1v) is 3.46. The molecule has 0 saturated heterocycles. The highest BCUT2D eigenvalue weighted by atomic mass is 19.1. The van der Waals surface area contributed by atoms with Gasteiger partial charge in [0.1, 0.15) is 5.82 Å². The highest BCUT2D eigenvalue weighted by Crippen LogP contribution is 2.23. The van der Waals surface area contributed by atoms with Crippen molar-refractivity contribution in [1.82, 2.24) is 0 Å². The van der Waals surface area contributed by atoms with Crippen molar-refractivity contribution in [2.24, 2.45) is 0 Å². The van der Waals surface area contributed by atoms with Crippen LogP contribution in [0.15, 0.2) is 12.1 Å². The number of hydrogen-bond acceptors (Lipinski definition) is 3. The second kappa shape index (κ2) is 3.30. The van der Waals surface area contributed by atoms with E-state index in [0.29, 0.717) is 6.29 Å². The first-order valence-electron chi connectivity index (χ1n) is 3.46. The molecule has 0 amide bonds. The Bertz CT molecular complexity index is 376. The fraction of sp³-hybridized carbons (Fsp3) is 0.125. The average molecular weight is 183 g/mol. The number of carbonyl (C=O) groups excluding carboxylic acids is 1. The third kappa shape index (κ3) is 1.53. The van der Waals surface area contributed by atoms with Gasteiger partial charge < -0.3 is 0 Å². The number of nitro groups is 1. The average Bonchev–Trinajstić information content (AvgIpc) is 2.08. The van der Waals surface area contributed by atoms with Crippen LogP contribution in [0.25, 0.3) is 0 Å². The summed E-state index contributed by atoms with van der Waals surface area (Å²) in [6, 6.07) is 2.12. The number of nitro benzene ring substituents is 1. The second-order valence-electron chi connectivity index (χ2n) is 2.49. The Balaban J connectivity index is 3.50. The van der Waals surface area contributed by atoms with Crippen molar-refractivity contribution in [1.29, 1.82) is 0 Å². The number of benzene rings is 1. The minimum atomic E-state index is -0.762. The number of aldehydes is 1. The van der Waals surface area contributed by atoms with Gasteiger partial charge in [-0.1, -0.05) is 0 Å². The van der Waals surface area contributed by atoms with Crippen molar-refractivity contribution in [2.45, 2.75) is 6.92 Å². The SMILES string of the molecule is Cc1c(F)ccc(C=O)c1[N+](=O)[O-]. The Morgan fingerprint density at radius 3 is 2.62 bits per heavy atom. The van der Waals surface area contributed by atoms with E-state index < -0.39 is 16.4 Å². The predicted molar refractivity (Wildman–Crippen MR) is 43.2 cm³/mol. The zero-order valence-electron chi connectivity index (χ0n) is 6.78. The van der Waals surface area contributed by atoms with E-state index in [1.165, 1.54) is 6.92 Å². The van der Waals surface area contributed by atoms with Gasteiger partial charge >= 0.3 is 0 Å². The molecule has 5 heteroatoms. The lowest BCUT2D eigenvalue weighted by Crippen LogP contribution is -1.99. The molecule has 1 aromatic carbocycles. The summed E-state index contributed by atoms with van der Waals surface area (Å²) in [4.78, 5) is 20.0. The Morgan fingerprint density at radius 2 is 2.15 bits per heavy atom. The fourth-order valence-corrected chi connectivity index (χ4v) is 1.03. The predicted octanol–water partition coefficient (Wildman–Crippen LogP) is 1.85. The van der Waals surface area contributed by atoms with Gasteiger partial charge in [-0.05, 0) is 19.1 Å². The van der Waals surface area contributed by atoms with Crippen molar-refractivity contribution >= 4 is 12.0 Å². The maximum absolute atomic E-state index is 12.8. The van der Waals surface area contributed by atoms with Gasteiger partial charge in [0, 0.05) is 0 Å². The van der Waals surface area contributed by atoms with E-state index in [2.05, 4.69) is 0 Å². The molecule has 0 saturated carbocycles. The van der Waals surface area contributed by atoms with Gasteiger partial charge in [-0.2, -0.15) is 0 Å². The summed E-state index contributed by atoms with van der Waals surface area (Å²) in [5.41, 5.74) is -0.687. The van der Waals surface area contributed by atoms with Crippen LogP contribution >= 0.6 is 0 Å². The minimum absolute atomic E-state index is 0.107. The highest BCUT2D eigenvalue weighted by molar-refractivity contribution is 5.82. The third-order valence-electron chi connectivity index (χ3n) is 1.71. The molecule has 0 aliphatic rings. The van der Waals surface area contributed by atoms with Crippen molar-refractivity contribution in [2.75, 3.05) is 0 Å². The van der Waals surface area contributed by atoms with Crippen molar-refractivity contribution in [3.8, 4) is 0 Å². The summed E-state index contributed by atoms with van der Waals surface area (Å²) in [6.45, 7) is 1.26. The van der Waals surface area contributed by atoms with Crippen molar-refractivity contribution < 1.29 is 14.1 Å². The molecule has 0 radical (unpaired) electrons. The van der Waals surface area contributed by atoms with Crippen LogP contribution in [-0.4, -0.2) is 11.2 Å². The number of carbonyl (C=O) groups is 1. The normalized spacial score (nSPS) is 9.69. The van der Waals surface area contributed by atoms with Gasteiger partial charge in [-0.25, -0.2) is 4.39 Å². The Labute approximate surface area is 73.1 Å². The maximum atomic E-state index is 12.8. The number of rotatable bonds is 2. The van der Waals surface area contributed by atoms with E-state index in [-0.39, 0.29) is 11.1 Å². The van der Waals surface area contributed by atoms with Crippen LogP contribution in [0.3, 0.4) is 0 Å². The Morgan fingerprint density at radius 1 is 1.54 bits per heavy atom. The van der Waals surface area contributed by atoms with E-state index >= 15 is 0 Å². The topological polar surface area (TPSA) is 60.2 Å². The van der Waals surface area contributed by atoms with Gasteiger partial charge in [-0.15, -0.1) is 0 Å². The number of hydrogen-bond donors (Lipinski definition) is 0. The van der Waals surface area contributed by atoms with Gasteiger partial charge in [0.2, 0.25) is 0 Å². The molecule has 0 spiro atoms. The zero-order valence-corrected chi connectivity index (χ0v) is 6.78. The van der Waals surface area contributed by atoms with E-state index in [1.54, 1.807) is 0 Å². The quantitative estimate of drug-likeness (QED) is 0.399. The van der Waals surface area contributed by atoms with Crippen LogP contribution in [0.1, 0.15) is 15.9 Å². The molecule has 0 bridgehead atoms. The summed E-state index contributed by atoms with van der Waals surface area (Å²) in [5, 5.41) is 10.4. The lowest BCUT2D eigenvalue weighted by Gasteiger charge is -2.00. The largest absolute Gasteiger partial charge is 0.298 e. The van der Waals surface area contributed by atoms with Crippen LogP contribution in [0.4, 0.5) is 10.1 Å². The first kappa shape index (κ1) is 9.31. The molecule has 0 aromatic heterocycles. The van der Waals surface area contributed by atoms with Crippen LogP contribution in [0.5, 0.6) is 0 Å². The molecule has 1 aromatic rings. The van der Waals surface area contributed by atoms with Gasteiger partial charge in [-0.3, -0.25) is 14.9 Å². The Kier molecular flexibility index (Phi) is 2.36. The molecule has 13 heavy (non-hydrogen) atoms. The molecule has 0 atom stereocenters. The summed E-state index contributed by atoms with van der Waals surface area (Å²) in [5.74, 6) is -0.683. The van der Waals surface area contributed by atoms with E-state index in [9.17, 15) is 19.3 Å². The summed E-state index contributed by atoms with van der Waals surface area (Å²) in [6.07, 6.45) is 0.338. The van der Waals surface area contributed by atoms with E-state index in [1.807, 2.05) is 0 Å². The van der Waals surface area contributed by atoms with E-state index in [0.717, 1.165) is 12.1 Å². The third-order valence-corrected chi connectivity index (χ3v) is 1.71. The van der Waals surface area contributed by atoms with Crippen molar-refractivity contribution in [3.63, 3.8) is 0 Å². The van der Waals surface area contributed by atoms with Crippen LogP contribution < -0.4 is 0 Å². The molecule has 0 heterocycles. The molecule has 0 fully saturated rings. The molecule has 0 N–H and O–H groups in total. The molecule has 1 rings (SSSR count). The van der Waals surface area contributed by atoms with Gasteiger partial charge in [0.05, 0.1) is 16.1 Å². The first-order chi connectivity index (χ1) is 6.07. The molecule has 0 aliphatic heterocycles. The summed E-state index contributed by atoms with van der Waals surface area (Å²) >= 11 is 0. The lowest BCUT2D eigenvalue weighted by molar-refractivity contribution is -0.385. The van der Waals surface area contributed by atoms with Crippen molar-refractivity contribution in [3.05, 3.63) is 39.2 Å². The standard InChI is InChI=1S/C8H6FNO3/c1-5-7(9)3-2-6(4-11)8(5)10(12)13/h2-4H,1H3. The Hall–Kier alpha value is -1.78. The highest BCUT2D eigenvalue weighted by Gasteiger charge is 2.19. The number of halogens is 1. The lowest BCUT2D eigenvalue weighted by atomic mass is 10.1. The van der Waals surface area contributed by atoms with Gasteiger partial charge in [0.25, 0.3) is 5.69 Å². The molecular formula is C8H6FNO3. The molecule has 4 nitrogen and oxygen atoms in total. The smallest absolute Gasteiger partial charge is 0.285 e. The second-order valence-corrected chi connectivity index (χ2v) is 2.49. The van der Waals surface area contributed by atoms with Crippen LogP contribution in [0, 0.1) is 22.9 Å².